The van der Waals surface area contributed by atoms with E-state index in [2.05, 4.69) is 20.9 Å². The van der Waals surface area contributed by atoms with Crippen LogP contribution in [0.25, 0.3) is 0 Å². The molecule has 0 aliphatic carbocycles. The van der Waals surface area contributed by atoms with Crippen LogP contribution in [0.2, 0.25) is 0 Å². The molecule has 2 rings (SSSR count). The van der Waals surface area contributed by atoms with Gasteiger partial charge in [0, 0.05) is 10.7 Å². The van der Waals surface area contributed by atoms with Gasteiger partial charge in [-0.3, -0.25) is 4.98 Å². The van der Waals surface area contributed by atoms with Crippen LogP contribution in [0.15, 0.2) is 16.7 Å². The summed E-state index contributed by atoms with van der Waals surface area (Å²) < 4.78 is 11.7. The van der Waals surface area contributed by atoms with Crippen LogP contribution in [0.5, 0.6) is 0 Å². The van der Waals surface area contributed by atoms with E-state index in [1.165, 1.54) is 0 Å². The molecular formula is C9H10BrNO2. The van der Waals surface area contributed by atoms with E-state index in [4.69, 9.17) is 9.47 Å². The molecule has 4 heteroatoms. The second-order valence-corrected chi connectivity index (χ2v) is 3.79. The Morgan fingerprint density at radius 1 is 1.46 bits per heavy atom. The van der Waals surface area contributed by atoms with Crippen molar-refractivity contribution in [3.05, 3.63) is 28.0 Å². The molecule has 0 unspecified atom stereocenters. The minimum Gasteiger partial charge on any atom is -0.345 e. The number of hydrogen-bond donors (Lipinski definition) is 0. The fraction of sp³-hybridized carbons (Fsp3) is 0.444. The quantitative estimate of drug-likeness (QED) is 0.758. The standard InChI is InChI=1S/C9H10BrNO2/c1-6-4-8(11-5-7(6)10)9-12-2-3-13-9/h4-5,9H,2-3H2,1H3. The lowest BCUT2D eigenvalue weighted by Gasteiger charge is -2.09. The van der Waals surface area contributed by atoms with E-state index in [1.54, 1.807) is 6.20 Å². The maximum absolute atomic E-state index is 5.33. The Labute approximate surface area is 85.2 Å². The molecule has 1 aromatic heterocycles. The van der Waals surface area contributed by atoms with Crippen molar-refractivity contribution in [3.63, 3.8) is 0 Å². The molecule has 3 nitrogen and oxygen atoms in total. The normalized spacial score (nSPS) is 18.0. The molecule has 13 heavy (non-hydrogen) atoms. The summed E-state index contributed by atoms with van der Waals surface area (Å²) >= 11 is 3.39. The van der Waals surface area contributed by atoms with E-state index in [1.807, 2.05) is 13.0 Å². The van der Waals surface area contributed by atoms with Gasteiger partial charge in [-0.15, -0.1) is 0 Å². The highest BCUT2D eigenvalue weighted by Gasteiger charge is 2.19. The van der Waals surface area contributed by atoms with Crippen molar-refractivity contribution < 1.29 is 9.47 Å². The first kappa shape index (κ1) is 9.12. The Balaban J connectivity index is 2.25. The second kappa shape index (κ2) is 3.74. The number of ether oxygens (including phenoxy) is 2. The van der Waals surface area contributed by atoms with Gasteiger partial charge in [-0.25, -0.2) is 0 Å². The van der Waals surface area contributed by atoms with E-state index < -0.39 is 0 Å². The third-order valence-electron chi connectivity index (χ3n) is 1.93. The molecule has 0 N–H and O–H groups in total. The third-order valence-corrected chi connectivity index (χ3v) is 2.76. The zero-order valence-corrected chi connectivity index (χ0v) is 8.87. The van der Waals surface area contributed by atoms with E-state index in [-0.39, 0.29) is 6.29 Å². The fourth-order valence-corrected chi connectivity index (χ4v) is 1.44. The minimum atomic E-state index is -0.271. The number of pyridine rings is 1. The van der Waals surface area contributed by atoms with Crippen LogP contribution in [-0.2, 0) is 9.47 Å². The van der Waals surface area contributed by atoms with Gasteiger partial charge in [-0.1, -0.05) is 0 Å². The van der Waals surface area contributed by atoms with Crippen molar-refractivity contribution in [1.29, 1.82) is 0 Å². The van der Waals surface area contributed by atoms with Gasteiger partial charge in [0.25, 0.3) is 0 Å². The van der Waals surface area contributed by atoms with Crippen molar-refractivity contribution in [2.75, 3.05) is 13.2 Å². The predicted molar refractivity (Wildman–Crippen MR) is 51.3 cm³/mol. The van der Waals surface area contributed by atoms with Gasteiger partial charge in [-0.2, -0.15) is 0 Å². The molecule has 1 aromatic rings. The molecule has 0 spiro atoms. The van der Waals surface area contributed by atoms with E-state index in [9.17, 15) is 0 Å². The predicted octanol–water partition coefficient (Wildman–Crippen LogP) is 2.20. The topological polar surface area (TPSA) is 31.4 Å². The third kappa shape index (κ3) is 1.90. The summed E-state index contributed by atoms with van der Waals surface area (Å²) in [5.74, 6) is 0. The number of hydrogen-bond acceptors (Lipinski definition) is 3. The van der Waals surface area contributed by atoms with Gasteiger partial charge in [0.05, 0.1) is 18.9 Å². The maximum Gasteiger partial charge on any atom is 0.201 e. The highest BCUT2D eigenvalue weighted by molar-refractivity contribution is 9.10. The molecule has 0 atom stereocenters. The first-order valence-corrected chi connectivity index (χ1v) is 4.92. The van der Waals surface area contributed by atoms with Gasteiger partial charge in [0.1, 0.15) is 0 Å². The Morgan fingerprint density at radius 3 is 2.77 bits per heavy atom. The van der Waals surface area contributed by atoms with E-state index in [0.717, 1.165) is 15.7 Å². The Kier molecular flexibility index (Phi) is 2.62. The van der Waals surface area contributed by atoms with Gasteiger partial charge < -0.3 is 9.47 Å². The molecule has 1 saturated heterocycles. The average Bonchev–Trinajstić information content (AvgIpc) is 2.62. The highest BCUT2D eigenvalue weighted by Crippen LogP contribution is 2.24. The van der Waals surface area contributed by atoms with Crippen LogP contribution in [0.1, 0.15) is 17.5 Å². The SMILES string of the molecule is Cc1cc(C2OCCO2)ncc1Br. The van der Waals surface area contributed by atoms with Gasteiger partial charge in [0.2, 0.25) is 6.29 Å². The van der Waals surface area contributed by atoms with Crippen LogP contribution < -0.4 is 0 Å². The summed E-state index contributed by atoms with van der Waals surface area (Å²) in [5, 5.41) is 0. The smallest absolute Gasteiger partial charge is 0.201 e. The largest absolute Gasteiger partial charge is 0.345 e. The van der Waals surface area contributed by atoms with Gasteiger partial charge >= 0.3 is 0 Å². The number of aromatic nitrogens is 1. The van der Waals surface area contributed by atoms with Crippen LogP contribution in [0.3, 0.4) is 0 Å². The lowest BCUT2D eigenvalue weighted by molar-refractivity contribution is -0.0473. The zero-order valence-electron chi connectivity index (χ0n) is 7.29. The van der Waals surface area contributed by atoms with Crippen LogP contribution in [0.4, 0.5) is 0 Å². The molecule has 0 radical (unpaired) electrons. The molecule has 0 aromatic carbocycles. The van der Waals surface area contributed by atoms with Crippen LogP contribution in [-0.4, -0.2) is 18.2 Å². The summed E-state index contributed by atoms with van der Waals surface area (Å²) in [6.07, 6.45) is 1.50. The van der Waals surface area contributed by atoms with Crippen LogP contribution in [0, 0.1) is 6.92 Å². The Hall–Kier alpha value is -0.450. The number of nitrogens with zero attached hydrogens (tertiary/aromatic N) is 1. The van der Waals surface area contributed by atoms with Crippen molar-refractivity contribution in [2.24, 2.45) is 0 Å². The Bertz CT molecular complexity index is 310. The van der Waals surface area contributed by atoms with Crippen molar-refractivity contribution >= 4 is 15.9 Å². The molecule has 1 fully saturated rings. The molecule has 0 amide bonds. The van der Waals surface area contributed by atoms with E-state index in [0.29, 0.717) is 13.2 Å². The molecule has 0 saturated carbocycles. The lowest BCUT2D eigenvalue weighted by atomic mass is 10.2. The summed E-state index contributed by atoms with van der Waals surface area (Å²) in [6, 6.07) is 1.97. The zero-order chi connectivity index (χ0) is 9.26. The molecule has 1 aliphatic rings. The van der Waals surface area contributed by atoms with E-state index >= 15 is 0 Å². The maximum atomic E-state index is 5.33. The molecule has 0 bridgehead atoms. The molecule has 70 valence electrons. The summed E-state index contributed by atoms with van der Waals surface area (Å²) in [4.78, 5) is 4.22. The average molecular weight is 244 g/mol. The molecule has 1 aliphatic heterocycles. The minimum absolute atomic E-state index is 0.271. The monoisotopic (exact) mass is 243 g/mol. The first-order valence-electron chi connectivity index (χ1n) is 4.12. The second-order valence-electron chi connectivity index (χ2n) is 2.93. The number of rotatable bonds is 1. The highest BCUT2D eigenvalue weighted by atomic mass is 79.9. The first-order chi connectivity index (χ1) is 6.27. The lowest BCUT2D eigenvalue weighted by Crippen LogP contribution is -2.01. The van der Waals surface area contributed by atoms with Crippen molar-refractivity contribution in [3.8, 4) is 0 Å². The summed E-state index contributed by atoms with van der Waals surface area (Å²) in [6.45, 7) is 3.33. The summed E-state index contributed by atoms with van der Waals surface area (Å²) in [5.41, 5.74) is 1.99. The number of halogens is 1. The van der Waals surface area contributed by atoms with Crippen LogP contribution >= 0.6 is 15.9 Å². The van der Waals surface area contributed by atoms with Gasteiger partial charge in [-0.05, 0) is 34.5 Å². The summed E-state index contributed by atoms with van der Waals surface area (Å²) in [7, 11) is 0. The fourth-order valence-electron chi connectivity index (χ4n) is 1.22. The van der Waals surface area contributed by atoms with Gasteiger partial charge in [0.15, 0.2) is 0 Å². The van der Waals surface area contributed by atoms with Crippen molar-refractivity contribution in [1.82, 2.24) is 4.98 Å². The molecular weight excluding hydrogens is 234 g/mol. The van der Waals surface area contributed by atoms with Crippen molar-refractivity contribution in [2.45, 2.75) is 13.2 Å². The Morgan fingerprint density at radius 2 is 2.15 bits per heavy atom. The number of aryl methyl sites for hydroxylation is 1. The molecule has 2 heterocycles.